The third-order valence-electron chi connectivity index (χ3n) is 6.68. The van der Waals surface area contributed by atoms with Crippen LogP contribution in [0.2, 0.25) is 0 Å². The molecule has 2 fully saturated rings. The van der Waals surface area contributed by atoms with Crippen molar-refractivity contribution in [2.45, 2.75) is 56.7 Å². The first-order valence-electron chi connectivity index (χ1n) is 11.5. The van der Waals surface area contributed by atoms with Gasteiger partial charge in [0.15, 0.2) is 5.69 Å². The van der Waals surface area contributed by atoms with Crippen molar-refractivity contribution in [3.8, 4) is 0 Å². The third kappa shape index (κ3) is 5.33. The number of alkyl halides is 6. The second-order valence-electron chi connectivity index (χ2n) is 9.08. The minimum Gasteiger partial charge on any atom is -0.381 e. The first kappa shape index (κ1) is 27.8. The number of rotatable bonds is 6. The van der Waals surface area contributed by atoms with Gasteiger partial charge in [0.1, 0.15) is 17.7 Å². The van der Waals surface area contributed by atoms with Gasteiger partial charge in [-0.15, -0.1) is 0 Å². The summed E-state index contributed by atoms with van der Waals surface area (Å²) in [6, 6.07) is -2.30. The van der Waals surface area contributed by atoms with Crippen LogP contribution in [0, 0.1) is 17.6 Å². The van der Waals surface area contributed by atoms with E-state index in [0.717, 1.165) is 4.90 Å². The lowest BCUT2D eigenvalue weighted by Crippen LogP contribution is -2.51. The summed E-state index contributed by atoms with van der Waals surface area (Å²) in [6.45, 7) is 1.69. The van der Waals surface area contributed by atoms with Crippen LogP contribution in [0.4, 0.5) is 35.1 Å². The molecule has 15 heteroatoms. The topological polar surface area (TPSA) is 84.7 Å². The van der Waals surface area contributed by atoms with Crippen LogP contribution < -0.4 is 5.32 Å². The molecule has 2 amide bonds. The molecule has 208 valence electrons. The number of nitrogens with zero attached hydrogens (tertiary/aromatic N) is 2. The van der Waals surface area contributed by atoms with Crippen LogP contribution in [0.15, 0.2) is 22.7 Å². The van der Waals surface area contributed by atoms with Crippen molar-refractivity contribution >= 4 is 11.8 Å². The van der Waals surface area contributed by atoms with Gasteiger partial charge in [-0.3, -0.25) is 9.59 Å². The van der Waals surface area contributed by atoms with E-state index in [-0.39, 0.29) is 25.7 Å². The Labute approximate surface area is 210 Å². The quantitative estimate of drug-likeness (QED) is 0.514. The van der Waals surface area contributed by atoms with Crippen molar-refractivity contribution in [1.82, 2.24) is 15.4 Å². The maximum atomic E-state index is 14.8. The van der Waals surface area contributed by atoms with Crippen molar-refractivity contribution in [2.75, 3.05) is 13.2 Å². The molecule has 2 aliphatic heterocycles. The molecule has 2 aliphatic rings. The lowest BCUT2D eigenvalue weighted by Gasteiger charge is -2.36. The number of likely N-dealkylation sites (tertiary alicyclic amines) is 1. The van der Waals surface area contributed by atoms with E-state index in [0.29, 0.717) is 25.0 Å². The molecule has 0 spiro atoms. The van der Waals surface area contributed by atoms with Crippen LogP contribution >= 0.6 is 0 Å². The van der Waals surface area contributed by atoms with Gasteiger partial charge in [0.2, 0.25) is 11.7 Å². The van der Waals surface area contributed by atoms with Gasteiger partial charge in [0.25, 0.3) is 5.91 Å². The molecule has 7 nitrogen and oxygen atoms in total. The summed E-state index contributed by atoms with van der Waals surface area (Å²) in [5.41, 5.74) is -3.78. The van der Waals surface area contributed by atoms with Gasteiger partial charge in [0.05, 0.1) is 24.8 Å². The monoisotopic (exact) mass is 555 g/mol. The maximum Gasteiger partial charge on any atom is 0.436 e. The average molecular weight is 555 g/mol. The molecule has 4 rings (SSSR count). The number of amides is 2. The molecule has 0 radical (unpaired) electrons. The SMILES string of the molecule is CC[C@@H]1CC[C@H](C(=O)NC(c2cc(F)c(C(F)(F)F)cc2F)C2COC2)N1C(=O)c1cc(C(F)(F)F)no1. The fourth-order valence-electron chi connectivity index (χ4n) is 4.65. The number of carbonyl (C=O) groups excluding carboxylic acids is 2. The Morgan fingerprint density at radius 3 is 2.26 bits per heavy atom. The Morgan fingerprint density at radius 2 is 1.74 bits per heavy atom. The van der Waals surface area contributed by atoms with Gasteiger partial charge < -0.3 is 19.5 Å². The lowest BCUT2D eigenvalue weighted by molar-refractivity contribution is -0.143. The second-order valence-corrected chi connectivity index (χ2v) is 9.08. The molecule has 38 heavy (non-hydrogen) atoms. The second kappa shape index (κ2) is 10.2. The Kier molecular flexibility index (Phi) is 7.43. The molecular formula is C23H21F8N3O4. The molecule has 2 saturated heterocycles. The minimum absolute atomic E-state index is 0.00376. The van der Waals surface area contributed by atoms with Crippen molar-refractivity contribution in [3.05, 3.63) is 52.4 Å². The molecule has 1 N–H and O–H groups in total. The number of hydrogen-bond donors (Lipinski definition) is 1. The first-order valence-corrected chi connectivity index (χ1v) is 11.5. The molecule has 1 unspecified atom stereocenters. The summed E-state index contributed by atoms with van der Waals surface area (Å²) in [5.74, 6) is -6.35. The van der Waals surface area contributed by atoms with E-state index in [1.165, 1.54) is 0 Å². The van der Waals surface area contributed by atoms with Crippen LogP contribution in [-0.4, -0.2) is 47.2 Å². The molecule has 3 atom stereocenters. The van der Waals surface area contributed by atoms with Crippen molar-refractivity contribution in [1.29, 1.82) is 0 Å². The number of benzene rings is 1. The molecule has 0 bridgehead atoms. The van der Waals surface area contributed by atoms with E-state index < -0.39 is 82.4 Å². The highest BCUT2D eigenvalue weighted by atomic mass is 19.4. The molecule has 2 aromatic rings. The number of nitrogens with one attached hydrogen (secondary N) is 1. The zero-order valence-electron chi connectivity index (χ0n) is 19.6. The predicted octanol–water partition coefficient (Wildman–Crippen LogP) is 4.88. The Bertz CT molecular complexity index is 1210. The normalized spacial score (nSPS) is 21.3. The van der Waals surface area contributed by atoms with Gasteiger partial charge >= 0.3 is 12.4 Å². The summed E-state index contributed by atoms with van der Waals surface area (Å²) >= 11 is 0. The fraction of sp³-hybridized carbons (Fsp3) is 0.522. The highest BCUT2D eigenvalue weighted by molar-refractivity contribution is 5.96. The molecule has 1 aromatic heterocycles. The van der Waals surface area contributed by atoms with E-state index in [9.17, 15) is 44.7 Å². The molecular weight excluding hydrogens is 534 g/mol. The Hall–Kier alpha value is -3.23. The van der Waals surface area contributed by atoms with E-state index in [2.05, 4.69) is 15.0 Å². The molecule has 3 heterocycles. The van der Waals surface area contributed by atoms with Crippen LogP contribution in [0.25, 0.3) is 0 Å². The number of hydrogen-bond acceptors (Lipinski definition) is 5. The number of ether oxygens (including phenoxy) is 1. The molecule has 1 aromatic carbocycles. The van der Waals surface area contributed by atoms with Crippen LogP contribution in [-0.2, 0) is 21.9 Å². The van der Waals surface area contributed by atoms with Gasteiger partial charge in [-0.2, -0.15) is 26.3 Å². The van der Waals surface area contributed by atoms with Crippen LogP contribution in [0.5, 0.6) is 0 Å². The summed E-state index contributed by atoms with van der Waals surface area (Å²) in [7, 11) is 0. The summed E-state index contributed by atoms with van der Waals surface area (Å²) in [4.78, 5) is 27.4. The smallest absolute Gasteiger partial charge is 0.381 e. The van der Waals surface area contributed by atoms with E-state index >= 15 is 0 Å². The van der Waals surface area contributed by atoms with Gasteiger partial charge in [-0.25, -0.2) is 8.78 Å². The number of halogens is 8. The standard InChI is InChI=1S/C23H21F8N3O4/c1-2-11-3-4-16(34(11)21(36)17-7-18(33-38-17)23(29,30)31)20(35)32-19(10-8-37-9-10)12-5-15(25)13(6-14(12)24)22(26,27)28/h5-7,10-11,16,19H,2-4,8-9H2,1H3,(H,32,35)/t11-,16-,19?/m1/s1. The first-order chi connectivity index (χ1) is 17.7. The van der Waals surface area contributed by atoms with E-state index in [1.807, 2.05) is 0 Å². The summed E-state index contributed by atoms with van der Waals surface area (Å²) < 4.78 is 116. The van der Waals surface area contributed by atoms with Crippen molar-refractivity contribution < 1.29 is 54.0 Å². The average Bonchev–Trinajstić information content (AvgIpc) is 3.45. The highest BCUT2D eigenvalue weighted by Crippen LogP contribution is 2.37. The number of carbonyl (C=O) groups is 2. The van der Waals surface area contributed by atoms with E-state index in [4.69, 9.17) is 4.74 Å². The fourth-order valence-corrected chi connectivity index (χ4v) is 4.65. The van der Waals surface area contributed by atoms with Gasteiger partial charge in [-0.05, 0) is 31.4 Å². The zero-order chi connectivity index (χ0) is 28.0. The van der Waals surface area contributed by atoms with E-state index in [1.54, 1.807) is 6.92 Å². The van der Waals surface area contributed by atoms with Crippen molar-refractivity contribution in [2.24, 2.45) is 5.92 Å². The Balaban J connectivity index is 1.61. The lowest BCUT2D eigenvalue weighted by atomic mass is 9.90. The van der Waals surface area contributed by atoms with Crippen LogP contribution in [0.1, 0.15) is 59.6 Å². The Morgan fingerprint density at radius 1 is 1.05 bits per heavy atom. The number of aromatic nitrogens is 1. The third-order valence-corrected chi connectivity index (χ3v) is 6.68. The minimum atomic E-state index is -5.14. The molecule has 0 saturated carbocycles. The zero-order valence-corrected chi connectivity index (χ0v) is 19.6. The predicted molar refractivity (Wildman–Crippen MR) is 111 cm³/mol. The van der Waals surface area contributed by atoms with Gasteiger partial charge in [0, 0.05) is 23.6 Å². The molecule has 0 aliphatic carbocycles. The van der Waals surface area contributed by atoms with Gasteiger partial charge in [-0.1, -0.05) is 12.1 Å². The van der Waals surface area contributed by atoms with Crippen LogP contribution in [0.3, 0.4) is 0 Å². The maximum absolute atomic E-state index is 14.8. The summed E-state index contributed by atoms with van der Waals surface area (Å²) in [6.07, 6.45) is -9.27. The largest absolute Gasteiger partial charge is 0.436 e. The van der Waals surface area contributed by atoms with Crippen molar-refractivity contribution in [3.63, 3.8) is 0 Å². The summed E-state index contributed by atoms with van der Waals surface area (Å²) in [5, 5.41) is 5.34. The highest BCUT2D eigenvalue weighted by Gasteiger charge is 2.45.